The third-order valence-corrected chi connectivity index (χ3v) is 8.02. The highest BCUT2D eigenvalue weighted by molar-refractivity contribution is 4.73. The van der Waals surface area contributed by atoms with Crippen LogP contribution in [-0.4, -0.2) is 0 Å². The Morgan fingerprint density at radius 1 is 0.306 bits per heavy atom. The number of hydrogen-bond donors (Lipinski definition) is 0. The smallest absolute Gasteiger partial charge is 0.0279 e. The predicted octanol–water partition coefficient (Wildman–Crippen LogP) is 13.9. The molecule has 0 atom stereocenters. The molecule has 0 aliphatic heterocycles. The molecule has 0 heterocycles. The quantitative estimate of drug-likeness (QED) is 0.0800. The fraction of sp³-hybridized carbons (Fsp3) is 0.944. The van der Waals surface area contributed by atoms with Gasteiger partial charge in [-0.15, -0.1) is 0 Å². The summed E-state index contributed by atoms with van der Waals surface area (Å²) in [5.74, 6) is 0. The zero-order valence-corrected chi connectivity index (χ0v) is 25.7. The monoisotopic (exact) mass is 504 g/mol. The van der Waals surface area contributed by atoms with Gasteiger partial charge < -0.3 is 0 Å². The van der Waals surface area contributed by atoms with Crippen molar-refractivity contribution in [3.05, 3.63) is 12.2 Å². The van der Waals surface area contributed by atoms with E-state index in [1.165, 1.54) is 205 Å². The van der Waals surface area contributed by atoms with E-state index in [1.807, 2.05) is 0 Å². The lowest BCUT2D eigenvalue weighted by atomic mass is 10.0. The van der Waals surface area contributed by atoms with Crippen molar-refractivity contribution in [2.45, 2.75) is 219 Å². The van der Waals surface area contributed by atoms with Crippen LogP contribution < -0.4 is 0 Å². The molecule has 0 rings (SSSR count). The molecule has 0 spiro atoms. The van der Waals surface area contributed by atoms with Gasteiger partial charge in [0.05, 0.1) is 0 Å². The summed E-state index contributed by atoms with van der Waals surface area (Å²) >= 11 is 0. The van der Waals surface area contributed by atoms with Gasteiger partial charge in [-0.25, -0.2) is 0 Å². The Kier molecular flexibility index (Phi) is 34.5. The van der Waals surface area contributed by atoms with Gasteiger partial charge in [-0.05, 0) is 31.8 Å². The van der Waals surface area contributed by atoms with Crippen LogP contribution in [0, 0.1) is 6.08 Å². The van der Waals surface area contributed by atoms with Gasteiger partial charge in [0.1, 0.15) is 0 Å². The van der Waals surface area contributed by atoms with Gasteiger partial charge in [0.25, 0.3) is 0 Å². The lowest BCUT2D eigenvalue weighted by molar-refractivity contribution is 0.530. The molecule has 0 unspecified atom stereocenters. The van der Waals surface area contributed by atoms with Crippen molar-refractivity contribution in [3.63, 3.8) is 0 Å². The second-order valence-electron chi connectivity index (χ2n) is 11.8. The molecule has 36 heavy (non-hydrogen) atoms. The summed E-state index contributed by atoms with van der Waals surface area (Å²) in [6.07, 6.45) is 51.9. The van der Waals surface area contributed by atoms with Crippen LogP contribution in [0.5, 0.6) is 0 Å². The third kappa shape index (κ3) is 33.7. The van der Waals surface area contributed by atoms with E-state index in [9.17, 15) is 0 Å². The standard InChI is InChI=1S/C36H71/c1-3-5-7-9-11-13-15-17-19-21-23-25-27-29-31-33-35-36-34-32-30-28-26-24-22-20-18-16-14-12-10-8-6-4-2/h36H,3-33,35H2,1-2H3. The average molecular weight is 504 g/mol. The van der Waals surface area contributed by atoms with Gasteiger partial charge in [-0.1, -0.05) is 200 Å². The first-order chi connectivity index (χ1) is 17.9. The average Bonchev–Trinajstić information content (AvgIpc) is 2.89. The van der Waals surface area contributed by atoms with Crippen LogP contribution in [0.3, 0.4) is 0 Å². The first kappa shape index (κ1) is 35.7. The Balaban J connectivity index is 3.07. The summed E-state index contributed by atoms with van der Waals surface area (Å²) in [5.41, 5.74) is 0. The molecule has 0 heteroatoms. The van der Waals surface area contributed by atoms with Crippen molar-refractivity contribution in [1.82, 2.24) is 0 Å². The van der Waals surface area contributed by atoms with E-state index in [2.05, 4.69) is 26.0 Å². The SMILES string of the molecule is CCCCCCCCCCCCCCCC/[C]=C\CCCCCCCCCCCCCCCCCC. The summed E-state index contributed by atoms with van der Waals surface area (Å²) in [7, 11) is 0. The van der Waals surface area contributed by atoms with Crippen LogP contribution in [0.25, 0.3) is 0 Å². The molecule has 0 nitrogen and oxygen atoms in total. The van der Waals surface area contributed by atoms with E-state index in [0.717, 1.165) is 0 Å². The highest BCUT2D eigenvalue weighted by atomic mass is 14.0. The summed E-state index contributed by atoms with van der Waals surface area (Å²) in [6.45, 7) is 4.61. The van der Waals surface area contributed by atoms with Crippen LogP contribution >= 0.6 is 0 Å². The molecule has 0 aliphatic carbocycles. The van der Waals surface area contributed by atoms with E-state index >= 15 is 0 Å². The van der Waals surface area contributed by atoms with E-state index in [-0.39, 0.29) is 0 Å². The number of rotatable bonds is 32. The van der Waals surface area contributed by atoms with Gasteiger partial charge in [0.2, 0.25) is 0 Å². The second kappa shape index (κ2) is 34.7. The minimum Gasteiger partial charge on any atom is -0.0811 e. The van der Waals surface area contributed by atoms with Gasteiger partial charge >= 0.3 is 0 Å². The van der Waals surface area contributed by atoms with Crippen LogP contribution in [0.1, 0.15) is 219 Å². The maximum atomic E-state index is 3.56. The minimum atomic E-state index is 1.19. The molecule has 0 saturated heterocycles. The van der Waals surface area contributed by atoms with Crippen LogP contribution in [0.15, 0.2) is 6.08 Å². The molecular weight excluding hydrogens is 432 g/mol. The lowest BCUT2D eigenvalue weighted by Gasteiger charge is -2.03. The molecule has 0 aromatic heterocycles. The van der Waals surface area contributed by atoms with Crippen molar-refractivity contribution in [2.75, 3.05) is 0 Å². The van der Waals surface area contributed by atoms with Gasteiger partial charge in [-0.2, -0.15) is 0 Å². The Morgan fingerprint density at radius 3 is 0.861 bits per heavy atom. The van der Waals surface area contributed by atoms with E-state index < -0.39 is 0 Å². The largest absolute Gasteiger partial charge is 0.0811 e. The van der Waals surface area contributed by atoms with Gasteiger partial charge in [0.15, 0.2) is 0 Å². The van der Waals surface area contributed by atoms with Gasteiger partial charge in [-0.3, -0.25) is 0 Å². The van der Waals surface area contributed by atoms with Crippen LogP contribution in [0.2, 0.25) is 0 Å². The summed E-state index contributed by atoms with van der Waals surface area (Å²) in [5, 5.41) is 0. The lowest BCUT2D eigenvalue weighted by Crippen LogP contribution is -1.83. The Morgan fingerprint density at radius 2 is 0.556 bits per heavy atom. The number of unbranched alkanes of at least 4 members (excludes halogenated alkanes) is 30. The zero-order chi connectivity index (χ0) is 26.0. The Hall–Kier alpha value is -0.260. The van der Waals surface area contributed by atoms with Crippen molar-refractivity contribution >= 4 is 0 Å². The molecule has 0 saturated carbocycles. The molecule has 0 bridgehead atoms. The van der Waals surface area contributed by atoms with E-state index in [4.69, 9.17) is 0 Å². The highest BCUT2D eigenvalue weighted by Crippen LogP contribution is 2.15. The first-order valence-electron chi connectivity index (χ1n) is 17.5. The molecule has 0 fully saturated rings. The molecule has 0 aromatic carbocycles. The summed E-state index contributed by atoms with van der Waals surface area (Å²) in [4.78, 5) is 0. The van der Waals surface area contributed by atoms with E-state index in [1.54, 1.807) is 0 Å². The van der Waals surface area contributed by atoms with Crippen LogP contribution in [-0.2, 0) is 0 Å². The second-order valence-corrected chi connectivity index (χ2v) is 11.8. The highest BCUT2D eigenvalue weighted by Gasteiger charge is 1.96. The molecule has 0 aliphatic rings. The molecule has 0 amide bonds. The normalized spacial score (nSPS) is 11.7. The van der Waals surface area contributed by atoms with Crippen molar-refractivity contribution in [3.8, 4) is 0 Å². The van der Waals surface area contributed by atoms with Crippen molar-refractivity contribution < 1.29 is 0 Å². The summed E-state index contributed by atoms with van der Waals surface area (Å²) < 4.78 is 0. The fourth-order valence-electron chi connectivity index (χ4n) is 5.42. The molecule has 0 aromatic rings. The van der Waals surface area contributed by atoms with Crippen molar-refractivity contribution in [2.24, 2.45) is 0 Å². The molecule has 215 valence electrons. The fourth-order valence-corrected chi connectivity index (χ4v) is 5.42. The molecule has 0 N–H and O–H groups in total. The zero-order valence-electron chi connectivity index (χ0n) is 25.7. The number of hydrogen-bond acceptors (Lipinski definition) is 0. The minimum absolute atomic E-state index is 1.19. The first-order valence-corrected chi connectivity index (χ1v) is 17.5. The van der Waals surface area contributed by atoms with Gasteiger partial charge in [0, 0.05) is 0 Å². The van der Waals surface area contributed by atoms with E-state index in [0.29, 0.717) is 0 Å². The van der Waals surface area contributed by atoms with Crippen molar-refractivity contribution in [1.29, 1.82) is 0 Å². The maximum absolute atomic E-state index is 3.56. The summed E-state index contributed by atoms with van der Waals surface area (Å²) in [6, 6.07) is 0. The predicted molar refractivity (Wildman–Crippen MR) is 167 cm³/mol. The topological polar surface area (TPSA) is 0 Å². The Bertz CT molecular complexity index is 381. The molecule has 1 radical (unpaired) electrons. The number of allylic oxidation sites excluding steroid dienone is 2. The molecular formula is C36H71. The van der Waals surface area contributed by atoms with Crippen LogP contribution in [0.4, 0.5) is 0 Å². The Labute approximate surface area is 231 Å². The maximum Gasteiger partial charge on any atom is -0.0279 e. The third-order valence-electron chi connectivity index (χ3n) is 8.02.